The average Bonchev–Trinajstić information content (AvgIpc) is 3.07. The average molecular weight is 277 g/mol. The van der Waals surface area contributed by atoms with Crippen LogP contribution in [0.2, 0.25) is 0 Å². The molecule has 0 saturated heterocycles. The van der Waals surface area contributed by atoms with E-state index < -0.39 is 11.9 Å². The molecule has 20 heavy (non-hydrogen) atoms. The fraction of sp³-hybridized carbons (Fsp3) is 0.400. The van der Waals surface area contributed by atoms with Crippen LogP contribution >= 0.6 is 0 Å². The number of hydrogen-bond donors (Lipinski definition) is 3. The molecule has 3 heterocycles. The molecule has 1 amide bonds. The van der Waals surface area contributed by atoms with Crippen molar-refractivity contribution in [2.45, 2.75) is 25.4 Å². The number of hydrogen-bond acceptors (Lipinski definition) is 6. The Hall–Kier alpha value is -2.78. The number of amides is 1. The van der Waals surface area contributed by atoms with E-state index in [2.05, 4.69) is 31.0 Å². The van der Waals surface area contributed by atoms with Crippen LogP contribution in [0.15, 0.2) is 6.07 Å². The number of H-pyrrole nitrogens is 1. The smallest absolute Gasteiger partial charge is 0.353 e. The van der Waals surface area contributed by atoms with Crippen LogP contribution in [-0.2, 0) is 13.0 Å². The van der Waals surface area contributed by atoms with Crippen LogP contribution in [0, 0.1) is 0 Å². The standard InChI is InChI=1S/C10H11N7O3/c18-9(6-4-7(10(19)20)13-12-6)11-5-1-2-17-8(3-5)14-15-16-17/h4-5H,1-3H2,(H,11,18)(H,12,13)(H,19,20). The number of fused-ring (bicyclic) bond motifs is 1. The lowest BCUT2D eigenvalue weighted by Gasteiger charge is -2.21. The Morgan fingerprint density at radius 2 is 2.35 bits per heavy atom. The monoisotopic (exact) mass is 277 g/mol. The van der Waals surface area contributed by atoms with Gasteiger partial charge in [-0.25, -0.2) is 9.48 Å². The van der Waals surface area contributed by atoms with Crippen LogP contribution in [0.25, 0.3) is 0 Å². The molecule has 3 rings (SSSR count). The lowest BCUT2D eigenvalue weighted by Crippen LogP contribution is -2.40. The van der Waals surface area contributed by atoms with Gasteiger partial charge < -0.3 is 10.4 Å². The van der Waals surface area contributed by atoms with Gasteiger partial charge in [-0.2, -0.15) is 5.10 Å². The van der Waals surface area contributed by atoms with Crippen molar-refractivity contribution in [1.82, 2.24) is 35.7 Å². The van der Waals surface area contributed by atoms with Crippen molar-refractivity contribution in [3.63, 3.8) is 0 Å². The molecule has 2 aromatic rings. The van der Waals surface area contributed by atoms with Gasteiger partial charge >= 0.3 is 5.97 Å². The minimum absolute atomic E-state index is 0.0487. The topological polar surface area (TPSA) is 139 Å². The predicted molar refractivity (Wildman–Crippen MR) is 62.9 cm³/mol. The van der Waals surface area contributed by atoms with Gasteiger partial charge in [-0.15, -0.1) is 5.10 Å². The highest BCUT2D eigenvalue weighted by Crippen LogP contribution is 2.11. The summed E-state index contributed by atoms with van der Waals surface area (Å²) in [5.41, 5.74) is -0.0738. The number of aromatic nitrogens is 6. The molecule has 1 atom stereocenters. The number of rotatable bonds is 3. The van der Waals surface area contributed by atoms with Gasteiger partial charge in [0.05, 0.1) is 0 Å². The molecule has 1 aliphatic heterocycles. The van der Waals surface area contributed by atoms with E-state index in [4.69, 9.17) is 5.11 Å². The molecule has 0 spiro atoms. The Bertz CT molecular complexity index is 661. The summed E-state index contributed by atoms with van der Waals surface area (Å²) < 4.78 is 1.69. The molecule has 104 valence electrons. The van der Waals surface area contributed by atoms with Gasteiger partial charge in [0.2, 0.25) is 0 Å². The first-order valence-electron chi connectivity index (χ1n) is 5.98. The van der Waals surface area contributed by atoms with Gasteiger partial charge in [0.1, 0.15) is 5.69 Å². The van der Waals surface area contributed by atoms with E-state index in [1.54, 1.807) is 4.68 Å². The summed E-state index contributed by atoms with van der Waals surface area (Å²) in [6.45, 7) is 0.633. The van der Waals surface area contributed by atoms with E-state index in [0.717, 1.165) is 5.82 Å². The van der Waals surface area contributed by atoms with Crippen molar-refractivity contribution in [2.75, 3.05) is 0 Å². The third-order valence-electron chi connectivity index (χ3n) is 3.10. The highest BCUT2D eigenvalue weighted by molar-refractivity contribution is 5.95. The third kappa shape index (κ3) is 2.22. The van der Waals surface area contributed by atoms with Crippen molar-refractivity contribution in [2.24, 2.45) is 0 Å². The normalized spacial score (nSPS) is 17.5. The summed E-state index contributed by atoms with van der Waals surface area (Å²) >= 11 is 0. The lowest BCUT2D eigenvalue weighted by atomic mass is 10.1. The van der Waals surface area contributed by atoms with Gasteiger partial charge in [0, 0.05) is 25.1 Å². The van der Waals surface area contributed by atoms with Crippen LogP contribution in [-0.4, -0.2) is 53.4 Å². The Kier molecular flexibility index (Phi) is 2.89. The maximum atomic E-state index is 12.0. The number of nitrogens with one attached hydrogen (secondary N) is 2. The quantitative estimate of drug-likeness (QED) is 0.643. The Balaban J connectivity index is 1.66. The van der Waals surface area contributed by atoms with Gasteiger partial charge in [0.15, 0.2) is 11.5 Å². The van der Waals surface area contributed by atoms with Crippen molar-refractivity contribution in [3.05, 3.63) is 23.3 Å². The zero-order valence-corrected chi connectivity index (χ0v) is 10.3. The Labute approximate surface area is 112 Å². The molecule has 3 N–H and O–H groups in total. The lowest BCUT2D eigenvalue weighted by molar-refractivity contribution is 0.0690. The second-order valence-corrected chi connectivity index (χ2v) is 4.45. The number of tetrazole rings is 1. The van der Waals surface area contributed by atoms with Crippen LogP contribution in [0.1, 0.15) is 33.2 Å². The van der Waals surface area contributed by atoms with E-state index in [-0.39, 0.29) is 17.4 Å². The van der Waals surface area contributed by atoms with E-state index in [1.807, 2.05) is 0 Å². The number of carboxylic acids is 1. The first kappa shape index (κ1) is 12.3. The fourth-order valence-electron chi connectivity index (χ4n) is 2.07. The Morgan fingerprint density at radius 3 is 3.10 bits per heavy atom. The van der Waals surface area contributed by atoms with E-state index in [1.165, 1.54) is 6.07 Å². The molecule has 2 aromatic heterocycles. The summed E-state index contributed by atoms with van der Waals surface area (Å²) in [7, 11) is 0. The van der Waals surface area contributed by atoms with Crippen LogP contribution < -0.4 is 5.32 Å². The third-order valence-corrected chi connectivity index (χ3v) is 3.10. The first-order valence-corrected chi connectivity index (χ1v) is 5.98. The molecule has 0 fully saturated rings. The SMILES string of the molecule is O=C(NC1CCn2nnnc2C1)c1cc(C(=O)O)[nH]n1. The first-order chi connectivity index (χ1) is 9.63. The van der Waals surface area contributed by atoms with Crippen molar-refractivity contribution in [3.8, 4) is 0 Å². The van der Waals surface area contributed by atoms with Gasteiger partial charge in [-0.1, -0.05) is 0 Å². The summed E-state index contributed by atoms with van der Waals surface area (Å²) in [5.74, 6) is -0.858. The maximum Gasteiger partial charge on any atom is 0.353 e. The van der Waals surface area contributed by atoms with E-state index >= 15 is 0 Å². The van der Waals surface area contributed by atoms with E-state index in [9.17, 15) is 9.59 Å². The van der Waals surface area contributed by atoms with Gasteiger partial charge in [-0.05, 0) is 16.8 Å². The number of aryl methyl sites for hydroxylation is 1. The number of nitrogens with zero attached hydrogens (tertiary/aromatic N) is 5. The minimum atomic E-state index is -1.16. The summed E-state index contributed by atoms with van der Waals surface area (Å²) in [6.07, 6.45) is 1.24. The van der Waals surface area contributed by atoms with Gasteiger partial charge in [0.25, 0.3) is 5.91 Å². The summed E-state index contributed by atoms with van der Waals surface area (Å²) in [6, 6.07) is 1.11. The molecule has 0 bridgehead atoms. The predicted octanol–water partition coefficient (Wildman–Crippen LogP) is -1.16. The zero-order chi connectivity index (χ0) is 14.1. The molecular formula is C10H11N7O3. The number of aromatic carboxylic acids is 1. The molecule has 0 radical (unpaired) electrons. The van der Waals surface area contributed by atoms with Gasteiger partial charge in [-0.3, -0.25) is 9.89 Å². The maximum absolute atomic E-state index is 12.0. The van der Waals surface area contributed by atoms with Crippen molar-refractivity contribution in [1.29, 1.82) is 0 Å². The van der Waals surface area contributed by atoms with Crippen LogP contribution in [0.4, 0.5) is 0 Å². The minimum Gasteiger partial charge on any atom is -0.477 e. The second-order valence-electron chi connectivity index (χ2n) is 4.45. The molecule has 10 nitrogen and oxygen atoms in total. The van der Waals surface area contributed by atoms with E-state index in [0.29, 0.717) is 19.4 Å². The van der Waals surface area contributed by atoms with Crippen molar-refractivity contribution >= 4 is 11.9 Å². The highest BCUT2D eigenvalue weighted by atomic mass is 16.4. The molecule has 1 aliphatic rings. The largest absolute Gasteiger partial charge is 0.477 e. The van der Waals surface area contributed by atoms with Crippen LogP contribution in [0.3, 0.4) is 0 Å². The number of carbonyl (C=O) groups excluding carboxylic acids is 1. The molecule has 10 heteroatoms. The Morgan fingerprint density at radius 1 is 1.50 bits per heavy atom. The second kappa shape index (κ2) is 4.72. The molecule has 0 aliphatic carbocycles. The number of aromatic amines is 1. The number of carboxylic acid groups (broad SMARTS) is 1. The molecule has 0 saturated carbocycles. The van der Waals surface area contributed by atoms with Crippen LogP contribution in [0.5, 0.6) is 0 Å². The molecule has 1 unspecified atom stereocenters. The molecular weight excluding hydrogens is 266 g/mol. The summed E-state index contributed by atoms with van der Waals surface area (Å²) in [4.78, 5) is 22.7. The zero-order valence-electron chi connectivity index (χ0n) is 10.3. The molecule has 0 aromatic carbocycles. The summed E-state index contributed by atoms with van der Waals surface area (Å²) in [5, 5.41) is 28.8. The highest BCUT2D eigenvalue weighted by Gasteiger charge is 2.24. The number of carbonyl (C=O) groups is 2. The van der Waals surface area contributed by atoms with Crippen molar-refractivity contribution < 1.29 is 14.7 Å². The fourth-order valence-corrected chi connectivity index (χ4v) is 2.07.